The summed E-state index contributed by atoms with van der Waals surface area (Å²) in [6.45, 7) is 7.13. The second-order valence-corrected chi connectivity index (χ2v) is 10.5. The fourth-order valence-corrected chi connectivity index (χ4v) is 4.54. The van der Waals surface area contributed by atoms with E-state index in [1.165, 1.54) is 12.1 Å². The van der Waals surface area contributed by atoms with E-state index in [2.05, 4.69) is 0 Å². The molecule has 0 unspecified atom stereocenters. The molecule has 0 N–H and O–H groups in total. The van der Waals surface area contributed by atoms with Gasteiger partial charge in [0.2, 0.25) is 0 Å². The summed E-state index contributed by atoms with van der Waals surface area (Å²) >= 11 is 6.14. The van der Waals surface area contributed by atoms with Crippen LogP contribution in [0.15, 0.2) is 40.1 Å². The molecule has 5 nitrogen and oxygen atoms in total. The van der Waals surface area contributed by atoms with Crippen molar-refractivity contribution in [2.24, 2.45) is 0 Å². The van der Waals surface area contributed by atoms with Crippen LogP contribution in [0.2, 0.25) is 5.02 Å². The minimum Gasteiger partial charge on any atom is -0.379 e. The van der Waals surface area contributed by atoms with Gasteiger partial charge in [-0.3, -0.25) is 0 Å². The number of halogens is 1. The summed E-state index contributed by atoms with van der Waals surface area (Å²) in [5.74, 6) is 0.174. The highest BCUT2D eigenvalue weighted by Gasteiger charge is 2.24. The Bertz CT molecular complexity index is 1060. The van der Waals surface area contributed by atoms with Crippen LogP contribution in [0.5, 0.6) is 5.75 Å². The molecule has 0 bridgehead atoms. The Morgan fingerprint density at radius 3 is 2.12 bits per heavy atom. The quantitative estimate of drug-likeness (QED) is 0.681. The highest BCUT2D eigenvalue weighted by atomic mass is 35.5. The second kappa shape index (κ2) is 7.21. The lowest BCUT2D eigenvalue weighted by atomic mass is 10.0. The molecular weight excluding hydrogens is 396 g/mol. The number of benzene rings is 2. The lowest BCUT2D eigenvalue weighted by molar-refractivity contribution is 0.480. The van der Waals surface area contributed by atoms with Crippen LogP contribution in [0, 0.1) is 13.8 Å². The van der Waals surface area contributed by atoms with Gasteiger partial charge in [0.15, 0.2) is 9.84 Å². The predicted octanol–water partition coefficient (Wildman–Crippen LogP) is 4.25. The highest BCUT2D eigenvalue weighted by Crippen LogP contribution is 2.34. The zero-order valence-corrected chi connectivity index (χ0v) is 17.6. The van der Waals surface area contributed by atoms with Crippen molar-refractivity contribution in [3.63, 3.8) is 0 Å². The second-order valence-electron chi connectivity index (χ2n) is 6.53. The van der Waals surface area contributed by atoms with Crippen LogP contribution < -0.4 is 4.18 Å². The van der Waals surface area contributed by atoms with Crippen molar-refractivity contribution < 1.29 is 21.0 Å². The van der Waals surface area contributed by atoms with Crippen molar-refractivity contribution in [2.75, 3.05) is 6.26 Å². The van der Waals surface area contributed by atoms with Crippen LogP contribution in [0.4, 0.5) is 0 Å². The fraction of sp³-hybridized carbons (Fsp3) is 0.333. The molecule has 0 saturated carbocycles. The number of sulfone groups is 1. The molecule has 142 valence electrons. The third-order valence-electron chi connectivity index (χ3n) is 3.97. The van der Waals surface area contributed by atoms with Crippen LogP contribution in [0.3, 0.4) is 0 Å². The number of aryl methyl sites for hydroxylation is 2. The van der Waals surface area contributed by atoms with Crippen molar-refractivity contribution in [1.82, 2.24) is 0 Å². The molecule has 0 aliphatic heterocycles. The molecule has 0 fully saturated rings. The van der Waals surface area contributed by atoms with Crippen molar-refractivity contribution in [2.45, 2.75) is 43.4 Å². The van der Waals surface area contributed by atoms with E-state index in [1.807, 2.05) is 13.8 Å². The highest BCUT2D eigenvalue weighted by molar-refractivity contribution is 7.90. The number of hydrogen-bond acceptors (Lipinski definition) is 5. The number of hydrogen-bond donors (Lipinski definition) is 0. The minimum atomic E-state index is -4.22. The summed E-state index contributed by atoms with van der Waals surface area (Å²) in [7, 11) is -7.77. The van der Waals surface area contributed by atoms with Crippen molar-refractivity contribution in [3.05, 3.63) is 52.0 Å². The molecule has 0 spiro atoms. The Morgan fingerprint density at radius 1 is 0.962 bits per heavy atom. The zero-order chi connectivity index (χ0) is 19.9. The van der Waals surface area contributed by atoms with Crippen molar-refractivity contribution >= 4 is 31.6 Å². The zero-order valence-electron chi connectivity index (χ0n) is 15.2. The van der Waals surface area contributed by atoms with Crippen molar-refractivity contribution in [1.29, 1.82) is 0 Å². The van der Waals surface area contributed by atoms with Crippen LogP contribution in [0.1, 0.15) is 36.5 Å². The van der Waals surface area contributed by atoms with Gasteiger partial charge in [0, 0.05) is 11.3 Å². The molecule has 0 aromatic heterocycles. The molecule has 0 atom stereocenters. The third kappa shape index (κ3) is 4.39. The summed E-state index contributed by atoms with van der Waals surface area (Å²) in [5, 5.41) is 0.522. The largest absolute Gasteiger partial charge is 0.379 e. The molecule has 2 aromatic rings. The standard InChI is InChI=1S/C18H21ClO5S2/c1-11(2)15-10-16(19)13(4)8-17(15)24-26(22,23)18-9-14(25(5,20)21)7-6-12(18)3/h6-11H,1-5H3. The summed E-state index contributed by atoms with van der Waals surface area (Å²) in [5.41, 5.74) is 1.73. The van der Waals surface area contributed by atoms with Gasteiger partial charge >= 0.3 is 10.1 Å². The Morgan fingerprint density at radius 2 is 1.58 bits per heavy atom. The van der Waals surface area contributed by atoms with E-state index >= 15 is 0 Å². The Kier molecular flexibility index (Phi) is 5.75. The van der Waals surface area contributed by atoms with E-state index in [0.29, 0.717) is 21.7 Å². The van der Waals surface area contributed by atoms with Gasteiger partial charge in [0.1, 0.15) is 10.6 Å². The van der Waals surface area contributed by atoms with Gasteiger partial charge in [-0.15, -0.1) is 0 Å². The van der Waals surface area contributed by atoms with Crippen LogP contribution in [-0.4, -0.2) is 23.1 Å². The number of rotatable bonds is 5. The maximum Gasteiger partial charge on any atom is 0.339 e. The van der Waals surface area contributed by atoms with E-state index < -0.39 is 20.0 Å². The van der Waals surface area contributed by atoms with Crippen LogP contribution in [0.25, 0.3) is 0 Å². The summed E-state index contributed by atoms with van der Waals surface area (Å²) in [6.07, 6.45) is 1.02. The van der Waals surface area contributed by atoms with Gasteiger partial charge in [-0.25, -0.2) is 8.42 Å². The lowest BCUT2D eigenvalue weighted by Gasteiger charge is -2.16. The molecule has 2 aromatic carbocycles. The summed E-state index contributed by atoms with van der Waals surface area (Å²) in [6, 6.07) is 7.20. The molecule has 8 heteroatoms. The van der Waals surface area contributed by atoms with Crippen molar-refractivity contribution in [3.8, 4) is 5.75 Å². The van der Waals surface area contributed by atoms with Gasteiger partial charge < -0.3 is 4.18 Å². The van der Waals surface area contributed by atoms with E-state index in [9.17, 15) is 16.8 Å². The molecule has 2 rings (SSSR count). The molecule has 0 amide bonds. The summed E-state index contributed by atoms with van der Waals surface area (Å²) < 4.78 is 54.5. The average Bonchev–Trinajstić information content (AvgIpc) is 2.49. The molecule has 26 heavy (non-hydrogen) atoms. The third-order valence-corrected chi connectivity index (χ3v) is 6.86. The predicted molar refractivity (Wildman–Crippen MR) is 102 cm³/mol. The Hall–Kier alpha value is -1.57. The van der Waals surface area contributed by atoms with Gasteiger partial charge in [-0.1, -0.05) is 31.5 Å². The first-order chi connectivity index (χ1) is 11.8. The molecule has 0 saturated heterocycles. The van der Waals surface area contributed by atoms with Gasteiger partial charge in [0.05, 0.1) is 4.90 Å². The summed E-state index contributed by atoms with van der Waals surface area (Å²) in [4.78, 5) is -0.260. The fourth-order valence-electron chi connectivity index (χ4n) is 2.44. The van der Waals surface area contributed by atoms with E-state index in [0.717, 1.165) is 12.3 Å². The maximum atomic E-state index is 12.8. The van der Waals surface area contributed by atoms with Gasteiger partial charge in [0.25, 0.3) is 0 Å². The van der Waals surface area contributed by atoms with E-state index in [1.54, 1.807) is 26.0 Å². The first-order valence-electron chi connectivity index (χ1n) is 7.88. The normalized spacial score (nSPS) is 12.4. The molecule has 0 aliphatic rings. The smallest absolute Gasteiger partial charge is 0.339 e. The monoisotopic (exact) mass is 416 g/mol. The van der Waals surface area contributed by atoms with E-state index in [4.69, 9.17) is 15.8 Å². The Labute approximate surface area is 160 Å². The maximum absolute atomic E-state index is 12.8. The average molecular weight is 417 g/mol. The Balaban J connectivity index is 2.59. The first-order valence-corrected chi connectivity index (χ1v) is 11.6. The van der Waals surface area contributed by atoms with Crippen LogP contribution in [-0.2, 0) is 20.0 Å². The van der Waals surface area contributed by atoms with Gasteiger partial charge in [-0.2, -0.15) is 8.42 Å². The topological polar surface area (TPSA) is 77.5 Å². The van der Waals surface area contributed by atoms with Gasteiger partial charge in [-0.05, 0) is 60.7 Å². The molecular formula is C18H21ClO5S2. The lowest BCUT2D eigenvalue weighted by Crippen LogP contribution is -2.14. The molecule has 0 heterocycles. The van der Waals surface area contributed by atoms with Crippen LogP contribution >= 0.6 is 11.6 Å². The van der Waals surface area contributed by atoms with E-state index in [-0.39, 0.29) is 21.5 Å². The molecule has 0 aliphatic carbocycles. The SMILES string of the molecule is Cc1cc(OS(=O)(=O)c2cc(S(C)(=O)=O)ccc2C)c(C(C)C)cc1Cl. The molecule has 0 radical (unpaired) electrons. The minimum absolute atomic E-state index is 0.0123. The first kappa shape index (κ1) is 20.7.